The maximum atomic E-state index is 8.57. The molecule has 74 valence electrons. The fraction of sp³-hybridized carbons (Fsp3) is 0.167. The summed E-state index contributed by atoms with van der Waals surface area (Å²) in [6.07, 6.45) is 1.80. The number of pyridine rings is 1. The van der Waals surface area contributed by atoms with Gasteiger partial charge in [0.25, 0.3) is 0 Å². The van der Waals surface area contributed by atoms with Crippen LogP contribution in [0.4, 0.5) is 0 Å². The number of fused-ring (bicyclic) bond motifs is 1. The highest BCUT2D eigenvalue weighted by Gasteiger charge is 2.03. The molecule has 1 heterocycles. The Bertz CT molecular complexity index is 529. The van der Waals surface area contributed by atoms with E-state index in [-0.39, 0.29) is 0 Å². The smallest absolute Gasteiger partial charge is 0.0855 e. The minimum absolute atomic E-state index is 0.479. The number of aryl methyl sites for hydroxylation is 1. The molecule has 0 saturated heterocycles. The van der Waals surface area contributed by atoms with Crippen molar-refractivity contribution in [3.05, 3.63) is 36.0 Å². The molecule has 0 unspecified atom stereocenters. The number of nitrogens with zero attached hydrogens (tertiary/aromatic N) is 2. The SMILES string of the molecule is Cc1cccc2c(SCC#N)ccnc12. The number of aromatic nitrogens is 1. The van der Waals surface area contributed by atoms with Crippen molar-refractivity contribution >= 4 is 22.7 Å². The molecule has 2 aromatic rings. The predicted octanol–water partition coefficient (Wildman–Crippen LogP) is 3.16. The van der Waals surface area contributed by atoms with Gasteiger partial charge in [0.15, 0.2) is 0 Å². The topological polar surface area (TPSA) is 36.7 Å². The zero-order valence-corrected chi connectivity index (χ0v) is 9.21. The fourth-order valence-corrected chi connectivity index (χ4v) is 2.23. The molecule has 3 heteroatoms. The standard InChI is InChI=1S/C12H10N2S/c1-9-3-2-4-10-11(15-8-6-13)5-7-14-12(9)10/h2-5,7H,8H2,1H3. The van der Waals surface area contributed by atoms with Crippen LogP contribution in [-0.2, 0) is 0 Å². The van der Waals surface area contributed by atoms with Crippen molar-refractivity contribution in [2.75, 3.05) is 5.75 Å². The van der Waals surface area contributed by atoms with Crippen molar-refractivity contribution in [2.24, 2.45) is 0 Å². The lowest BCUT2D eigenvalue weighted by atomic mass is 10.1. The van der Waals surface area contributed by atoms with Crippen molar-refractivity contribution in [1.29, 1.82) is 5.26 Å². The second kappa shape index (κ2) is 4.33. The van der Waals surface area contributed by atoms with Gasteiger partial charge in [0, 0.05) is 16.5 Å². The summed E-state index contributed by atoms with van der Waals surface area (Å²) in [7, 11) is 0. The number of benzene rings is 1. The van der Waals surface area contributed by atoms with Crippen molar-refractivity contribution in [2.45, 2.75) is 11.8 Å². The highest BCUT2D eigenvalue weighted by atomic mass is 32.2. The van der Waals surface area contributed by atoms with Gasteiger partial charge in [0.1, 0.15) is 0 Å². The zero-order valence-electron chi connectivity index (χ0n) is 8.40. The Morgan fingerprint density at radius 1 is 1.40 bits per heavy atom. The molecule has 0 atom stereocenters. The van der Waals surface area contributed by atoms with Gasteiger partial charge in [-0.25, -0.2) is 0 Å². The Hall–Kier alpha value is -1.53. The number of hydrogen-bond donors (Lipinski definition) is 0. The third-order valence-electron chi connectivity index (χ3n) is 2.22. The van der Waals surface area contributed by atoms with Gasteiger partial charge < -0.3 is 0 Å². The van der Waals surface area contributed by atoms with Gasteiger partial charge in [0.05, 0.1) is 17.3 Å². The maximum Gasteiger partial charge on any atom is 0.0855 e. The minimum Gasteiger partial charge on any atom is -0.256 e. The van der Waals surface area contributed by atoms with Crippen molar-refractivity contribution < 1.29 is 0 Å². The third kappa shape index (κ3) is 1.95. The third-order valence-corrected chi connectivity index (χ3v) is 3.17. The Balaban J connectivity index is 2.57. The average Bonchev–Trinajstić information content (AvgIpc) is 2.27. The first-order chi connectivity index (χ1) is 7.33. The summed E-state index contributed by atoms with van der Waals surface area (Å²) in [6, 6.07) is 10.2. The molecule has 0 N–H and O–H groups in total. The second-order valence-corrected chi connectivity index (χ2v) is 4.24. The van der Waals surface area contributed by atoms with Crippen molar-refractivity contribution in [3.8, 4) is 6.07 Å². The molecule has 0 amide bonds. The Labute approximate surface area is 92.9 Å². The van der Waals surface area contributed by atoms with E-state index >= 15 is 0 Å². The van der Waals surface area contributed by atoms with Crippen LogP contribution in [0, 0.1) is 18.3 Å². The lowest BCUT2D eigenvalue weighted by molar-refractivity contribution is 1.32. The molecule has 15 heavy (non-hydrogen) atoms. The summed E-state index contributed by atoms with van der Waals surface area (Å²) >= 11 is 1.56. The summed E-state index contributed by atoms with van der Waals surface area (Å²) in [5.74, 6) is 0.479. The molecule has 2 rings (SSSR count). The highest BCUT2D eigenvalue weighted by molar-refractivity contribution is 7.99. The van der Waals surface area contributed by atoms with Gasteiger partial charge in [-0.05, 0) is 18.6 Å². The van der Waals surface area contributed by atoms with Gasteiger partial charge in [-0.1, -0.05) is 18.2 Å². The van der Waals surface area contributed by atoms with Crippen LogP contribution < -0.4 is 0 Å². The molecular weight excluding hydrogens is 204 g/mol. The first-order valence-electron chi connectivity index (χ1n) is 4.67. The molecule has 2 nitrogen and oxygen atoms in total. The molecule has 0 aliphatic rings. The summed E-state index contributed by atoms with van der Waals surface area (Å²) in [5.41, 5.74) is 2.20. The van der Waals surface area contributed by atoms with Gasteiger partial charge in [-0.2, -0.15) is 5.26 Å². The number of nitriles is 1. The van der Waals surface area contributed by atoms with Crippen LogP contribution in [0.1, 0.15) is 5.56 Å². The molecule has 0 aliphatic carbocycles. The van der Waals surface area contributed by atoms with Crippen LogP contribution in [0.2, 0.25) is 0 Å². The molecule has 0 saturated carbocycles. The molecule has 0 bridgehead atoms. The summed E-state index contributed by atoms with van der Waals surface area (Å²) in [5, 5.41) is 9.70. The number of thioether (sulfide) groups is 1. The maximum absolute atomic E-state index is 8.57. The lowest BCUT2D eigenvalue weighted by Crippen LogP contribution is -1.85. The first kappa shape index (κ1) is 10.0. The summed E-state index contributed by atoms with van der Waals surface area (Å²) in [4.78, 5) is 5.48. The fourth-order valence-electron chi connectivity index (χ4n) is 1.53. The highest BCUT2D eigenvalue weighted by Crippen LogP contribution is 2.27. The van der Waals surface area contributed by atoms with Crippen molar-refractivity contribution in [1.82, 2.24) is 4.98 Å². The van der Waals surface area contributed by atoms with E-state index in [0.717, 1.165) is 15.8 Å². The van der Waals surface area contributed by atoms with Gasteiger partial charge in [-0.15, -0.1) is 11.8 Å². The monoisotopic (exact) mass is 214 g/mol. The lowest BCUT2D eigenvalue weighted by Gasteiger charge is -2.05. The number of rotatable bonds is 2. The summed E-state index contributed by atoms with van der Waals surface area (Å²) < 4.78 is 0. The molecule has 0 radical (unpaired) electrons. The first-order valence-corrected chi connectivity index (χ1v) is 5.65. The number of para-hydroxylation sites is 1. The van der Waals surface area contributed by atoms with E-state index in [1.807, 2.05) is 25.1 Å². The molecular formula is C12H10N2S. The predicted molar refractivity (Wildman–Crippen MR) is 62.8 cm³/mol. The van der Waals surface area contributed by atoms with Crippen molar-refractivity contribution in [3.63, 3.8) is 0 Å². The normalized spacial score (nSPS) is 10.1. The van der Waals surface area contributed by atoms with Crippen LogP contribution >= 0.6 is 11.8 Å². The van der Waals surface area contributed by atoms with Crippen LogP contribution in [0.25, 0.3) is 10.9 Å². The van der Waals surface area contributed by atoms with Crippen LogP contribution in [0.5, 0.6) is 0 Å². The van der Waals surface area contributed by atoms with Crippen LogP contribution in [0.15, 0.2) is 35.4 Å². The van der Waals surface area contributed by atoms with E-state index in [1.165, 1.54) is 5.56 Å². The molecule has 0 fully saturated rings. The van der Waals surface area contributed by atoms with E-state index in [0.29, 0.717) is 5.75 Å². The van der Waals surface area contributed by atoms with E-state index in [1.54, 1.807) is 18.0 Å². The molecule has 0 aliphatic heterocycles. The Kier molecular flexibility index (Phi) is 2.89. The second-order valence-electron chi connectivity index (χ2n) is 3.23. The van der Waals surface area contributed by atoms with Gasteiger partial charge in [-0.3, -0.25) is 4.98 Å². The minimum atomic E-state index is 0.479. The molecule has 1 aromatic heterocycles. The van der Waals surface area contributed by atoms with Gasteiger partial charge in [0.2, 0.25) is 0 Å². The largest absolute Gasteiger partial charge is 0.256 e. The number of hydrogen-bond acceptors (Lipinski definition) is 3. The van der Waals surface area contributed by atoms with Crippen LogP contribution in [0.3, 0.4) is 0 Å². The van der Waals surface area contributed by atoms with Crippen LogP contribution in [-0.4, -0.2) is 10.7 Å². The Morgan fingerprint density at radius 2 is 2.27 bits per heavy atom. The van der Waals surface area contributed by atoms with E-state index in [2.05, 4.69) is 17.1 Å². The zero-order chi connectivity index (χ0) is 10.7. The van der Waals surface area contributed by atoms with Gasteiger partial charge >= 0.3 is 0 Å². The Morgan fingerprint density at radius 3 is 3.07 bits per heavy atom. The quantitative estimate of drug-likeness (QED) is 0.720. The molecule has 0 spiro atoms. The summed E-state index contributed by atoms with van der Waals surface area (Å²) in [6.45, 7) is 2.05. The van der Waals surface area contributed by atoms with E-state index in [9.17, 15) is 0 Å². The molecule has 1 aromatic carbocycles. The van der Waals surface area contributed by atoms with E-state index < -0.39 is 0 Å². The average molecular weight is 214 g/mol. The van der Waals surface area contributed by atoms with E-state index in [4.69, 9.17) is 5.26 Å².